The number of nitrogens with one attached hydrogen (secondary N) is 3. The van der Waals surface area contributed by atoms with Crippen LogP contribution in [0.2, 0.25) is 0 Å². The quantitative estimate of drug-likeness (QED) is 0.338. The third-order valence-corrected chi connectivity index (χ3v) is 8.60. The molecule has 2 aliphatic rings. The Kier molecular flexibility index (Phi) is 8.68. The number of hydrogen-bond acceptors (Lipinski definition) is 6. The van der Waals surface area contributed by atoms with Gasteiger partial charge in [0.1, 0.15) is 17.5 Å². The second-order valence-electron chi connectivity index (χ2n) is 11.3. The smallest absolute Gasteiger partial charge is 0.323 e. The fourth-order valence-electron chi connectivity index (χ4n) is 5.84. The molecule has 2 heterocycles. The van der Waals surface area contributed by atoms with E-state index < -0.39 is 29.6 Å². The van der Waals surface area contributed by atoms with Crippen molar-refractivity contribution < 1.29 is 28.3 Å². The van der Waals surface area contributed by atoms with E-state index >= 15 is 4.39 Å². The van der Waals surface area contributed by atoms with Gasteiger partial charge in [-0.25, -0.2) is 9.18 Å². The Morgan fingerprint density at radius 1 is 1.02 bits per heavy atom. The zero-order chi connectivity index (χ0) is 31.7. The highest BCUT2D eigenvalue weighted by atomic mass is 19.1. The van der Waals surface area contributed by atoms with Crippen molar-refractivity contribution in [2.24, 2.45) is 5.92 Å². The summed E-state index contributed by atoms with van der Waals surface area (Å²) in [6, 6.07) is 14.1. The lowest BCUT2D eigenvalue weighted by atomic mass is 9.90. The predicted molar refractivity (Wildman–Crippen MR) is 164 cm³/mol. The van der Waals surface area contributed by atoms with Crippen molar-refractivity contribution in [3.63, 3.8) is 0 Å². The highest BCUT2D eigenvalue weighted by Crippen LogP contribution is 2.38. The number of ether oxygens (including phenoxy) is 1. The van der Waals surface area contributed by atoms with Crippen molar-refractivity contribution in [1.29, 1.82) is 0 Å². The van der Waals surface area contributed by atoms with Gasteiger partial charge in [-0.15, -0.1) is 0 Å². The SMILES string of the molecule is COc1cc(-c2cccc(-c3cccc(NC(=O)C4CNC(=O)N(C)C4=O)c3C)c2C)cc(F)c1CN(C)[C@@H]1CNC(=O)C1. The number of benzene rings is 3. The molecule has 0 aliphatic carbocycles. The number of urea groups is 1. The van der Waals surface area contributed by atoms with Crippen LogP contribution in [0.4, 0.5) is 14.9 Å². The van der Waals surface area contributed by atoms with Crippen molar-refractivity contribution in [3.05, 3.63) is 71.0 Å². The van der Waals surface area contributed by atoms with Crippen molar-refractivity contribution in [2.45, 2.75) is 32.9 Å². The number of carbonyl (C=O) groups excluding carboxylic acids is 4. The summed E-state index contributed by atoms with van der Waals surface area (Å²) in [5.41, 5.74) is 5.93. The zero-order valence-electron chi connectivity index (χ0n) is 25.4. The molecule has 3 N–H and O–H groups in total. The Bertz CT molecular complexity index is 1660. The van der Waals surface area contributed by atoms with Gasteiger partial charge in [-0.2, -0.15) is 0 Å². The second kappa shape index (κ2) is 12.5. The molecule has 0 spiro atoms. The van der Waals surface area contributed by atoms with Crippen molar-refractivity contribution in [1.82, 2.24) is 20.4 Å². The molecule has 10 nitrogen and oxygen atoms in total. The number of halogens is 1. The number of anilines is 1. The van der Waals surface area contributed by atoms with Crippen LogP contribution in [0.15, 0.2) is 48.5 Å². The lowest BCUT2D eigenvalue weighted by Crippen LogP contribution is -2.56. The molecule has 0 radical (unpaired) electrons. The van der Waals surface area contributed by atoms with E-state index in [0.29, 0.717) is 42.1 Å². The molecule has 3 aromatic carbocycles. The van der Waals surface area contributed by atoms with Crippen LogP contribution < -0.4 is 20.7 Å². The van der Waals surface area contributed by atoms with Crippen LogP contribution in [0.25, 0.3) is 22.3 Å². The van der Waals surface area contributed by atoms with Gasteiger partial charge < -0.3 is 20.7 Å². The number of imide groups is 1. The van der Waals surface area contributed by atoms with E-state index in [-0.39, 0.29) is 18.5 Å². The molecule has 5 amide bonds. The summed E-state index contributed by atoms with van der Waals surface area (Å²) in [7, 11) is 4.72. The standard InChI is InChI=1S/C33H36FN5O5/c1-18-22(20-12-27(34)26(29(13-20)44-5)17-38(3)21-14-30(40)35-15-21)8-6-9-23(18)24-10-7-11-28(19(24)2)37-31(41)25-16-36-33(43)39(4)32(25)42/h6-13,21,25H,14-17H2,1-5H3,(H,35,40)(H,36,43)(H,37,41)/t21-,25?/m0/s1. The van der Waals surface area contributed by atoms with Crippen molar-refractivity contribution in [2.75, 3.05) is 39.6 Å². The van der Waals surface area contributed by atoms with E-state index in [9.17, 15) is 19.2 Å². The Morgan fingerprint density at radius 3 is 2.39 bits per heavy atom. The van der Waals surface area contributed by atoms with Crippen LogP contribution in [-0.4, -0.2) is 73.9 Å². The highest BCUT2D eigenvalue weighted by molar-refractivity contribution is 6.12. The van der Waals surface area contributed by atoms with Crippen LogP contribution in [-0.2, 0) is 20.9 Å². The predicted octanol–water partition coefficient (Wildman–Crippen LogP) is 3.84. The third kappa shape index (κ3) is 5.87. The Hall–Kier alpha value is -4.77. The average Bonchev–Trinajstić information content (AvgIpc) is 3.44. The van der Waals surface area contributed by atoms with Crippen LogP contribution in [0.1, 0.15) is 23.1 Å². The fraction of sp³-hybridized carbons (Fsp3) is 0.333. The van der Waals surface area contributed by atoms with Gasteiger partial charge >= 0.3 is 6.03 Å². The average molecular weight is 602 g/mol. The van der Waals surface area contributed by atoms with Crippen LogP contribution in [0.3, 0.4) is 0 Å². The highest BCUT2D eigenvalue weighted by Gasteiger charge is 2.36. The fourth-order valence-corrected chi connectivity index (χ4v) is 5.84. The summed E-state index contributed by atoms with van der Waals surface area (Å²) < 4.78 is 21.3. The molecular formula is C33H36FN5O5. The minimum absolute atomic E-state index is 0.00899. The topological polar surface area (TPSA) is 120 Å². The largest absolute Gasteiger partial charge is 0.496 e. The lowest BCUT2D eigenvalue weighted by Gasteiger charge is -2.28. The first-order valence-corrected chi connectivity index (χ1v) is 14.4. The monoisotopic (exact) mass is 601 g/mol. The molecule has 2 atom stereocenters. The molecule has 230 valence electrons. The van der Waals surface area contributed by atoms with Gasteiger partial charge in [0.2, 0.25) is 17.7 Å². The number of amides is 5. The summed E-state index contributed by atoms with van der Waals surface area (Å²) in [4.78, 5) is 51.8. The summed E-state index contributed by atoms with van der Waals surface area (Å²) in [5.74, 6) is -2.07. The summed E-state index contributed by atoms with van der Waals surface area (Å²) in [6.45, 7) is 4.60. The van der Waals surface area contributed by atoms with E-state index in [0.717, 1.165) is 32.7 Å². The number of likely N-dealkylation sites (N-methyl/N-ethyl adjacent to an activating group) is 1. The van der Waals surface area contributed by atoms with E-state index in [2.05, 4.69) is 16.0 Å². The molecule has 0 aromatic heterocycles. The molecule has 2 saturated heterocycles. The summed E-state index contributed by atoms with van der Waals surface area (Å²) in [5, 5.41) is 8.23. The summed E-state index contributed by atoms with van der Waals surface area (Å²) in [6.07, 6.45) is 0.378. The molecule has 11 heteroatoms. The first kappa shape index (κ1) is 30.7. The molecular weight excluding hydrogens is 565 g/mol. The number of carbonyl (C=O) groups is 4. The Morgan fingerprint density at radius 2 is 1.70 bits per heavy atom. The zero-order valence-corrected chi connectivity index (χ0v) is 25.4. The Balaban J connectivity index is 1.42. The number of hydrogen-bond donors (Lipinski definition) is 3. The minimum atomic E-state index is -1.03. The third-order valence-electron chi connectivity index (χ3n) is 8.60. The van der Waals surface area contributed by atoms with Gasteiger partial charge in [0, 0.05) is 50.4 Å². The van der Waals surface area contributed by atoms with Gasteiger partial charge in [-0.1, -0.05) is 30.3 Å². The minimum Gasteiger partial charge on any atom is -0.496 e. The van der Waals surface area contributed by atoms with E-state index in [1.54, 1.807) is 6.07 Å². The molecule has 2 aliphatic heterocycles. The molecule has 0 bridgehead atoms. The van der Waals surface area contributed by atoms with Gasteiger partial charge in [0.15, 0.2) is 0 Å². The van der Waals surface area contributed by atoms with Crippen molar-refractivity contribution in [3.8, 4) is 28.0 Å². The molecule has 1 unspecified atom stereocenters. The van der Waals surface area contributed by atoms with E-state index in [4.69, 9.17) is 4.74 Å². The van der Waals surface area contributed by atoms with Crippen LogP contribution >= 0.6 is 0 Å². The van der Waals surface area contributed by atoms with Gasteiger partial charge in [0.25, 0.3) is 0 Å². The van der Waals surface area contributed by atoms with E-state index in [1.807, 2.05) is 62.2 Å². The first-order chi connectivity index (χ1) is 21.0. The molecule has 2 fully saturated rings. The van der Waals surface area contributed by atoms with Gasteiger partial charge in [-0.05, 0) is 72.5 Å². The second-order valence-corrected chi connectivity index (χ2v) is 11.3. The van der Waals surface area contributed by atoms with Crippen LogP contribution in [0.5, 0.6) is 5.75 Å². The lowest BCUT2D eigenvalue weighted by molar-refractivity contribution is -0.138. The number of nitrogens with zero attached hydrogens (tertiary/aromatic N) is 2. The normalized spacial score (nSPS) is 18.3. The molecule has 0 saturated carbocycles. The van der Waals surface area contributed by atoms with Crippen LogP contribution in [0, 0.1) is 25.6 Å². The number of methoxy groups -OCH3 is 1. The maximum Gasteiger partial charge on any atom is 0.323 e. The summed E-state index contributed by atoms with van der Waals surface area (Å²) >= 11 is 0. The Labute approximate surface area is 255 Å². The molecule has 5 rings (SSSR count). The molecule has 3 aromatic rings. The number of rotatable bonds is 8. The van der Waals surface area contributed by atoms with Crippen molar-refractivity contribution >= 4 is 29.4 Å². The maximum atomic E-state index is 15.6. The maximum absolute atomic E-state index is 15.6. The van der Waals surface area contributed by atoms with Gasteiger partial charge in [-0.3, -0.25) is 24.2 Å². The van der Waals surface area contributed by atoms with Gasteiger partial charge in [0.05, 0.1) is 7.11 Å². The first-order valence-electron chi connectivity index (χ1n) is 14.4. The van der Waals surface area contributed by atoms with E-state index in [1.165, 1.54) is 20.2 Å². The molecule has 44 heavy (non-hydrogen) atoms.